The van der Waals surface area contributed by atoms with Gasteiger partial charge in [-0.15, -0.1) is 0 Å². The molecule has 0 fully saturated rings. The molecule has 10 nitrogen and oxygen atoms in total. The summed E-state index contributed by atoms with van der Waals surface area (Å²) >= 11 is 0. The molecule has 0 bridgehead atoms. The molecule has 0 aromatic rings. The van der Waals surface area contributed by atoms with Gasteiger partial charge in [-0.3, -0.25) is 14.4 Å². The Bertz CT molecular complexity index is 866. The van der Waals surface area contributed by atoms with Crippen molar-refractivity contribution in [3.8, 4) is 12.1 Å². The number of azo groups is 1. The van der Waals surface area contributed by atoms with Crippen LogP contribution in [-0.4, -0.2) is 40.1 Å². The molecular weight excluding hydrogens is 510 g/mol. The summed E-state index contributed by atoms with van der Waals surface area (Å²) in [6, 6.07) is 4.01. The Morgan fingerprint density at radius 3 is 1.68 bits per heavy atom. The molecule has 0 saturated carbocycles. The monoisotopic (exact) mass is 561 g/mol. The van der Waals surface area contributed by atoms with Gasteiger partial charge in [0.05, 0.1) is 12.1 Å². The van der Waals surface area contributed by atoms with Gasteiger partial charge in [0.15, 0.2) is 11.1 Å². The first kappa shape index (κ1) is 37.0. The van der Waals surface area contributed by atoms with E-state index in [1.165, 1.54) is 6.92 Å². The second-order valence-corrected chi connectivity index (χ2v) is 11.2. The summed E-state index contributed by atoms with van der Waals surface area (Å²) in [5.41, 5.74) is 2.48. The van der Waals surface area contributed by atoms with Crippen molar-refractivity contribution in [3.05, 3.63) is 0 Å². The number of nitriles is 2. The van der Waals surface area contributed by atoms with Crippen molar-refractivity contribution in [3.63, 3.8) is 0 Å². The number of unbranched alkanes of at least 4 members (excludes halogenated alkanes) is 10. The number of hydrogen-bond donors (Lipinski definition) is 2. The first-order valence-electron chi connectivity index (χ1n) is 15.0. The lowest BCUT2D eigenvalue weighted by atomic mass is 9.97. The molecule has 0 aliphatic heterocycles. The molecule has 0 heterocycles. The predicted molar refractivity (Wildman–Crippen MR) is 153 cm³/mol. The van der Waals surface area contributed by atoms with Gasteiger partial charge in [0.2, 0.25) is 5.91 Å². The van der Waals surface area contributed by atoms with E-state index in [1.54, 1.807) is 6.92 Å². The predicted octanol–water partition coefficient (Wildman–Crippen LogP) is 6.92. The van der Waals surface area contributed by atoms with Crippen LogP contribution in [0.4, 0.5) is 0 Å². The molecule has 0 aliphatic carbocycles. The van der Waals surface area contributed by atoms with Crippen LogP contribution in [0.25, 0.3) is 0 Å². The first-order valence-corrected chi connectivity index (χ1v) is 15.0. The van der Waals surface area contributed by atoms with E-state index >= 15 is 0 Å². The lowest BCUT2D eigenvalue weighted by molar-refractivity contribution is -0.150. The summed E-state index contributed by atoms with van der Waals surface area (Å²) < 4.78 is 5.82. The largest absolute Gasteiger partial charge is 0.481 e. The third-order valence-corrected chi connectivity index (χ3v) is 6.99. The van der Waals surface area contributed by atoms with Crippen molar-refractivity contribution in [1.29, 1.82) is 10.5 Å². The molecular formula is C30H51N5O5. The van der Waals surface area contributed by atoms with E-state index in [4.69, 9.17) is 15.6 Å². The zero-order valence-corrected chi connectivity index (χ0v) is 25.0. The second kappa shape index (κ2) is 21.8. The van der Waals surface area contributed by atoms with Crippen molar-refractivity contribution in [1.82, 2.24) is 0 Å². The number of amides is 1. The Morgan fingerprint density at radius 2 is 1.23 bits per heavy atom. The molecule has 0 aromatic heterocycles. The molecule has 3 unspecified atom stereocenters. The van der Waals surface area contributed by atoms with Crippen molar-refractivity contribution < 1.29 is 24.2 Å². The van der Waals surface area contributed by atoms with Gasteiger partial charge < -0.3 is 15.6 Å². The van der Waals surface area contributed by atoms with Crippen LogP contribution in [0.2, 0.25) is 0 Å². The summed E-state index contributed by atoms with van der Waals surface area (Å²) in [6.07, 6.45) is 14.7. The van der Waals surface area contributed by atoms with E-state index in [9.17, 15) is 24.9 Å². The second-order valence-electron chi connectivity index (χ2n) is 11.2. The Labute approximate surface area is 240 Å². The minimum Gasteiger partial charge on any atom is -0.481 e. The van der Waals surface area contributed by atoms with E-state index in [0.29, 0.717) is 6.42 Å². The van der Waals surface area contributed by atoms with Crippen LogP contribution in [-0.2, 0) is 19.1 Å². The van der Waals surface area contributed by atoms with Gasteiger partial charge in [0.1, 0.15) is 6.10 Å². The highest BCUT2D eigenvalue weighted by molar-refractivity contribution is 5.73. The standard InChI is InChI=1S/C30H51N5O5/c1-4-5-6-13-16-25(17-14-11-9-7-8-10-12-15-18-26(33)36)40-28(39)20-22-30(3,24-32)35-34-29(2,23-31)21-19-27(37)38/h25H,4-22H2,1-3H3,(H2,33,36)(H,37,38). The zero-order chi connectivity index (χ0) is 30.3. The van der Waals surface area contributed by atoms with E-state index in [-0.39, 0.29) is 43.7 Å². The number of rotatable bonds is 25. The maximum Gasteiger partial charge on any atom is 0.306 e. The van der Waals surface area contributed by atoms with Gasteiger partial charge in [0, 0.05) is 19.3 Å². The number of hydrogen-bond acceptors (Lipinski definition) is 8. The molecule has 40 heavy (non-hydrogen) atoms. The molecule has 0 aliphatic rings. The van der Waals surface area contributed by atoms with Gasteiger partial charge in [-0.1, -0.05) is 64.7 Å². The molecule has 3 atom stereocenters. The fourth-order valence-electron chi connectivity index (χ4n) is 4.21. The number of nitrogens with two attached hydrogens (primary N) is 1. The Balaban J connectivity index is 4.70. The molecule has 226 valence electrons. The highest BCUT2D eigenvalue weighted by atomic mass is 16.5. The summed E-state index contributed by atoms with van der Waals surface area (Å²) in [4.78, 5) is 34.3. The van der Waals surface area contributed by atoms with Crippen LogP contribution in [0, 0.1) is 22.7 Å². The highest BCUT2D eigenvalue weighted by Gasteiger charge is 2.30. The van der Waals surface area contributed by atoms with Gasteiger partial charge in [-0.05, 0) is 58.8 Å². The lowest BCUT2D eigenvalue weighted by Gasteiger charge is -2.21. The molecule has 3 N–H and O–H groups in total. The number of aliphatic carboxylic acids is 1. The van der Waals surface area contributed by atoms with E-state index < -0.39 is 17.0 Å². The average molecular weight is 562 g/mol. The van der Waals surface area contributed by atoms with E-state index in [1.807, 2.05) is 6.07 Å². The number of carbonyl (C=O) groups is 3. The van der Waals surface area contributed by atoms with Crippen molar-refractivity contribution in [2.75, 3.05) is 0 Å². The van der Waals surface area contributed by atoms with Crippen molar-refractivity contribution in [2.45, 2.75) is 160 Å². The fraction of sp³-hybridized carbons (Fsp3) is 0.833. The van der Waals surface area contributed by atoms with Crippen LogP contribution < -0.4 is 5.73 Å². The molecule has 0 saturated heterocycles. The van der Waals surface area contributed by atoms with E-state index in [2.05, 4.69) is 23.2 Å². The Kier molecular flexibility index (Phi) is 20.1. The SMILES string of the molecule is CCCCCCC(CCCCCCCCCCC(N)=O)OC(=O)CCC(C)(C#N)N=NC(C)(C#N)CCC(=O)O. The minimum absolute atomic E-state index is 0.00267. The third-order valence-electron chi connectivity index (χ3n) is 6.99. The number of carbonyl (C=O) groups excluding carboxylic acids is 2. The quantitative estimate of drug-likeness (QED) is 0.0689. The van der Waals surface area contributed by atoms with Crippen molar-refractivity contribution >= 4 is 17.8 Å². The maximum absolute atomic E-state index is 12.7. The Morgan fingerprint density at radius 1 is 0.775 bits per heavy atom. The van der Waals surface area contributed by atoms with Gasteiger partial charge >= 0.3 is 11.9 Å². The number of carboxylic acid groups (broad SMARTS) is 1. The molecule has 0 spiro atoms. The van der Waals surface area contributed by atoms with Crippen LogP contribution in [0.15, 0.2) is 10.2 Å². The smallest absolute Gasteiger partial charge is 0.306 e. The van der Waals surface area contributed by atoms with Gasteiger partial charge in [0.25, 0.3) is 0 Å². The fourth-order valence-corrected chi connectivity index (χ4v) is 4.21. The van der Waals surface area contributed by atoms with E-state index in [0.717, 1.165) is 89.9 Å². The van der Waals surface area contributed by atoms with Crippen LogP contribution in [0.1, 0.15) is 143 Å². The number of carboxylic acids is 1. The normalized spacial score (nSPS) is 14.9. The summed E-state index contributed by atoms with van der Waals surface area (Å²) in [7, 11) is 0. The maximum atomic E-state index is 12.7. The topological polar surface area (TPSA) is 179 Å². The minimum atomic E-state index is -1.36. The highest BCUT2D eigenvalue weighted by Crippen LogP contribution is 2.24. The molecule has 1 amide bonds. The molecule has 0 rings (SSSR count). The first-order chi connectivity index (χ1) is 19.0. The Hall–Kier alpha value is -3.01. The summed E-state index contributed by atoms with van der Waals surface area (Å²) in [5.74, 6) is -1.65. The third kappa shape index (κ3) is 20.0. The average Bonchev–Trinajstić information content (AvgIpc) is 2.92. The van der Waals surface area contributed by atoms with Crippen LogP contribution in [0.5, 0.6) is 0 Å². The molecule has 10 heteroatoms. The van der Waals surface area contributed by atoms with Crippen LogP contribution >= 0.6 is 0 Å². The summed E-state index contributed by atoms with van der Waals surface area (Å²) in [5, 5.41) is 36.0. The van der Waals surface area contributed by atoms with Crippen LogP contribution in [0.3, 0.4) is 0 Å². The molecule has 0 radical (unpaired) electrons. The van der Waals surface area contributed by atoms with Crippen molar-refractivity contribution in [2.24, 2.45) is 16.0 Å². The van der Waals surface area contributed by atoms with Gasteiger partial charge in [-0.25, -0.2) is 0 Å². The molecule has 0 aromatic carbocycles. The number of esters is 1. The lowest BCUT2D eigenvalue weighted by Crippen LogP contribution is -2.26. The summed E-state index contributed by atoms with van der Waals surface area (Å²) in [6.45, 7) is 5.17. The number of primary amides is 1. The number of nitrogens with zero attached hydrogens (tertiary/aromatic N) is 4. The van der Waals surface area contributed by atoms with Gasteiger partial charge in [-0.2, -0.15) is 20.8 Å². The number of ether oxygens (including phenoxy) is 1. The zero-order valence-electron chi connectivity index (χ0n) is 25.0.